The average Bonchev–Trinajstić information content (AvgIpc) is 2.88. The number of anilines is 1. The van der Waals surface area contributed by atoms with Gasteiger partial charge in [0.05, 0.1) is 10.6 Å². The number of rotatable bonds is 11. The number of halogens is 1. The summed E-state index contributed by atoms with van der Waals surface area (Å²) in [4.78, 5) is 28.5. The maximum absolute atomic E-state index is 13.9. The fraction of sp³-hybridized carbons (Fsp3) is 0.333. The molecule has 0 heterocycles. The summed E-state index contributed by atoms with van der Waals surface area (Å²) in [6.45, 7) is 9.54. The summed E-state index contributed by atoms with van der Waals surface area (Å²) < 4.78 is 29.7. The quantitative estimate of drug-likeness (QED) is 0.311. The number of sulfonamides is 1. The number of hydrogen-bond donors (Lipinski definition) is 1. The number of carbonyl (C=O) groups is 2. The Morgan fingerprint density at radius 1 is 0.897 bits per heavy atom. The van der Waals surface area contributed by atoms with Crippen LogP contribution in [-0.4, -0.2) is 44.3 Å². The minimum atomic E-state index is -4.09. The minimum Gasteiger partial charge on any atom is -0.354 e. The van der Waals surface area contributed by atoms with Crippen LogP contribution in [0.4, 0.5) is 5.69 Å². The smallest absolute Gasteiger partial charge is 0.264 e. The van der Waals surface area contributed by atoms with Crippen molar-refractivity contribution in [1.29, 1.82) is 0 Å². The molecular formula is C30H36BrN3O4S. The standard InChI is InChI=1S/C30H36BrN3O4S/c1-21(2)18-32-30(36)24(5)33(19-25-9-7-10-26(31)17-25)29(35)20-34(27-11-6-8-23(4)16-27)39(37,38)28-14-12-22(3)13-15-28/h6-17,21,24H,18-20H2,1-5H3,(H,32,36)/t24-/m0/s1. The molecule has 0 bridgehead atoms. The van der Waals surface area contributed by atoms with E-state index in [2.05, 4.69) is 21.2 Å². The molecule has 1 N–H and O–H groups in total. The van der Waals surface area contributed by atoms with E-state index in [1.54, 1.807) is 49.4 Å². The Kier molecular flexibility index (Phi) is 10.3. The van der Waals surface area contributed by atoms with E-state index in [1.165, 1.54) is 4.90 Å². The van der Waals surface area contributed by atoms with Crippen molar-refractivity contribution in [2.24, 2.45) is 5.92 Å². The lowest BCUT2D eigenvalue weighted by molar-refractivity contribution is -0.139. The van der Waals surface area contributed by atoms with Gasteiger partial charge in [-0.25, -0.2) is 8.42 Å². The van der Waals surface area contributed by atoms with Crippen molar-refractivity contribution in [1.82, 2.24) is 10.2 Å². The third-order valence-electron chi connectivity index (χ3n) is 6.27. The highest BCUT2D eigenvalue weighted by Gasteiger charge is 2.32. The highest BCUT2D eigenvalue weighted by molar-refractivity contribution is 9.10. The van der Waals surface area contributed by atoms with Gasteiger partial charge in [0.15, 0.2) is 0 Å². The molecule has 0 fully saturated rings. The SMILES string of the molecule is Cc1ccc(S(=O)(=O)N(CC(=O)N(Cc2cccc(Br)c2)[C@@H](C)C(=O)NCC(C)C)c2cccc(C)c2)cc1. The van der Waals surface area contributed by atoms with Gasteiger partial charge in [0.1, 0.15) is 12.6 Å². The predicted molar refractivity (Wildman–Crippen MR) is 159 cm³/mol. The number of aryl methyl sites for hydroxylation is 2. The summed E-state index contributed by atoms with van der Waals surface area (Å²) in [6, 6.07) is 20.2. The molecule has 7 nitrogen and oxygen atoms in total. The molecule has 3 aromatic carbocycles. The zero-order valence-electron chi connectivity index (χ0n) is 23.0. The van der Waals surface area contributed by atoms with Gasteiger partial charge in [0.2, 0.25) is 11.8 Å². The molecule has 0 aliphatic rings. The molecule has 0 aliphatic carbocycles. The molecular weight excluding hydrogens is 578 g/mol. The molecule has 0 aliphatic heterocycles. The molecule has 0 saturated heterocycles. The third-order valence-corrected chi connectivity index (χ3v) is 8.55. The van der Waals surface area contributed by atoms with E-state index in [4.69, 9.17) is 0 Å². The van der Waals surface area contributed by atoms with Gasteiger partial charge in [-0.1, -0.05) is 71.7 Å². The van der Waals surface area contributed by atoms with Gasteiger partial charge < -0.3 is 10.2 Å². The van der Waals surface area contributed by atoms with Crippen LogP contribution >= 0.6 is 15.9 Å². The van der Waals surface area contributed by atoms with Crippen LogP contribution in [0.5, 0.6) is 0 Å². The first-order chi connectivity index (χ1) is 18.4. The number of carbonyl (C=O) groups excluding carboxylic acids is 2. The number of amides is 2. The summed E-state index contributed by atoms with van der Waals surface area (Å²) in [5.41, 5.74) is 2.97. The van der Waals surface area contributed by atoms with Gasteiger partial charge in [-0.3, -0.25) is 13.9 Å². The highest BCUT2D eigenvalue weighted by Crippen LogP contribution is 2.26. The van der Waals surface area contributed by atoms with Crippen LogP contribution in [-0.2, 0) is 26.2 Å². The van der Waals surface area contributed by atoms with Gasteiger partial charge in [-0.2, -0.15) is 0 Å². The Bertz CT molecular complexity index is 1410. The van der Waals surface area contributed by atoms with Crippen molar-refractivity contribution in [2.75, 3.05) is 17.4 Å². The lowest BCUT2D eigenvalue weighted by Crippen LogP contribution is -2.51. The van der Waals surface area contributed by atoms with Gasteiger partial charge >= 0.3 is 0 Å². The van der Waals surface area contributed by atoms with Crippen molar-refractivity contribution < 1.29 is 18.0 Å². The molecule has 1 atom stereocenters. The van der Waals surface area contributed by atoms with Crippen LogP contribution in [0.3, 0.4) is 0 Å². The Morgan fingerprint density at radius 3 is 2.18 bits per heavy atom. The number of nitrogens with one attached hydrogen (secondary N) is 1. The van der Waals surface area contributed by atoms with E-state index in [0.717, 1.165) is 25.5 Å². The number of hydrogen-bond acceptors (Lipinski definition) is 4. The summed E-state index contributed by atoms with van der Waals surface area (Å²) in [5, 5.41) is 2.89. The second-order valence-corrected chi connectivity index (χ2v) is 12.9. The molecule has 3 aromatic rings. The largest absolute Gasteiger partial charge is 0.354 e. The highest BCUT2D eigenvalue weighted by atomic mass is 79.9. The van der Waals surface area contributed by atoms with Crippen molar-refractivity contribution in [2.45, 2.75) is 52.1 Å². The molecule has 0 saturated carbocycles. The summed E-state index contributed by atoms with van der Waals surface area (Å²) >= 11 is 3.46. The van der Waals surface area contributed by atoms with Crippen molar-refractivity contribution >= 4 is 43.5 Å². The van der Waals surface area contributed by atoms with Gasteiger partial charge in [-0.05, 0) is 74.2 Å². The first-order valence-electron chi connectivity index (χ1n) is 12.9. The van der Waals surface area contributed by atoms with Gasteiger partial charge in [0, 0.05) is 17.6 Å². The Hall–Kier alpha value is -3.17. The molecule has 208 valence electrons. The molecule has 39 heavy (non-hydrogen) atoms. The molecule has 0 spiro atoms. The second-order valence-electron chi connectivity index (χ2n) is 10.1. The van der Waals surface area contributed by atoms with Gasteiger partial charge in [0.25, 0.3) is 10.0 Å². The maximum Gasteiger partial charge on any atom is 0.264 e. The van der Waals surface area contributed by atoms with Crippen LogP contribution in [0.2, 0.25) is 0 Å². The Balaban J connectivity index is 2.01. The third kappa shape index (κ3) is 8.16. The van der Waals surface area contributed by atoms with Gasteiger partial charge in [-0.15, -0.1) is 0 Å². The lowest BCUT2D eigenvalue weighted by Gasteiger charge is -2.32. The van der Waals surface area contributed by atoms with E-state index in [0.29, 0.717) is 12.2 Å². The van der Waals surface area contributed by atoms with E-state index in [1.807, 2.05) is 58.0 Å². The van der Waals surface area contributed by atoms with Crippen LogP contribution in [0.1, 0.15) is 37.5 Å². The van der Waals surface area contributed by atoms with E-state index < -0.39 is 28.5 Å². The fourth-order valence-electron chi connectivity index (χ4n) is 4.02. The van der Waals surface area contributed by atoms with E-state index in [-0.39, 0.29) is 23.3 Å². The average molecular weight is 615 g/mol. The molecule has 3 rings (SSSR count). The lowest BCUT2D eigenvalue weighted by atomic mass is 10.1. The molecule has 0 radical (unpaired) electrons. The second kappa shape index (κ2) is 13.3. The van der Waals surface area contributed by atoms with E-state index >= 15 is 0 Å². The predicted octanol–water partition coefficient (Wildman–Crippen LogP) is 5.45. The first-order valence-corrected chi connectivity index (χ1v) is 15.1. The van der Waals surface area contributed by atoms with Crippen LogP contribution in [0.15, 0.2) is 82.2 Å². The molecule has 0 unspecified atom stereocenters. The molecule has 9 heteroatoms. The van der Waals surface area contributed by atoms with Crippen molar-refractivity contribution in [3.05, 3.63) is 94.0 Å². The molecule has 2 amide bonds. The van der Waals surface area contributed by atoms with Crippen molar-refractivity contribution in [3.63, 3.8) is 0 Å². The van der Waals surface area contributed by atoms with Crippen molar-refractivity contribution in [3.8, 4) is 0 Å². The summed E-state index contributed by atoms with van der Waals surface area (Å²) in [7, 11) is -4.09. The first kappa shape index (κ1) is 30.4. The number of nitrogens with zero attached hydrogens (tertiary/aromatic N) is 2. The molecule has 0 aromatic heterocycles. The summed E-state index contributed by atoms with van der Waals surface area (Å²) in [6.07, 6.45) is 0. The topological polar surface area (TPSA) is 86.8 Å². The monoisotopic (exact) mass is 613 g/mol. The van der Waals surface area contributed by atoms with E-state index in [9.17, 15) is 18.0 Å². The Morgan fingerprint density at radius 2 is 1.56 bits per heavy atom. The fourth-order valence-corrected chi connectivity index (χ4v) is 5.87. The maximum atomic E-state index is 13.9. The van der Waals surface area contributed by atoms with Crippen LogP contribution in [0, 0.1) is 19.8 Å². The minimum absolute atomic E-state index is 0.0867. The summed E-state index contributed by atoms with van der Waals surface area (Å²) in [5.74, 6) is -0.540. The van der Waals surface area contributed by atoms with Crippen LogP contribution < -0.4 is 9.62 Å². The number of benzene rings is 3. The zero-order chi connectivity index (χ0) is 28.7. The van der Waals surface area contributed by atoms with Crippen LogP contribution in [0.25, 0.3) is 0 Å². The normalized spacial score (nSPS) is 12.2. The zero-order valence-corrected chi connectivity index (χ0v) is 25.4. The Labute approximate surface area is 240 Å².